The first-order chi connectivity index (χ1) is 8.20. The molecular weight excluding hydrogens is 224 g/mol. The van der Waals surface area contributed by atoms with E-state index in [9.17, 15) is 0 Å². The third kappa shape index (κ3) is 3.55. The lowest BCUT2D eigenvalue weighted by Crippen LogP contribution is -2.36. The molecular formula is C15H22OSi. The molecule has 1 heterocycles. The van der Waals surface area contributed by atoms with Gasteiger partial charge in [0.15, 0.2) is 0 Å². The minimum absolute atomic E-state index is 0.203. The number of ether oxygens (including phenoxy) is 1. The fourth-order valence-electron chi connectivity index (χ4n) is 2.34. The van der Waals surface area contributed by atoms with Gasteiger partial charge in [-0.15, -0.1) is 0 Å². The molecule has 1 atom stereocenters. The zero-order valence-corrected chi connectivity index (χ0v) is 12.9. The third-order valence-electron chi connectivity index (χ3n) is 3.62. The average Bonchev–Trinajstić information content (AvgIpc) is 2.38. The lowest BCUT2D eigenvalue weighted by Gasteiger charge is -2.33. The van der Waals surface area contributed by atoms with Crippen LogP contribution in [0.15, 0.2) is 36.4 Å². The smallest absolute Gasteiger partial charge is 0.0519 e. The van der Waals surface area contributed by atoms with Gasteiger partial charge in [-0.1, -0.05) is 36.4 Å². The number of rotatable bonds is 3. The van der Waals surface area contributed by atoms with Crippen molar-refractivity contribution in [1.29, 1.82) is 0 Å². The Morgan fingerprint density at radius 3 is 2.76 bits per heavy atom. The zero-order chi connectivity index (χ0) is 12.1. The van der Waals surface area contributed by atoms with Crippen LogP contribution in [0, 0.1) is 0 Å². The van der Waals surface area contributed by atoms with Crippen LogP contribution in [0.2, 0.25) is 0 Å². The van der Waals surface area contributed by atoms with Gasteiger partial charge in [0.1, 0.15) is 0 Å². The number of hydrogen-bond acceptors (Lipinski definition) is 1. The van der Waals surface area contributed by atoms with Crippen molar-refractivity contribution < 1.29 is 4.74 Å². The summed E-state index contributed by atoms with van der Waals surface area (Å²) in [5.41, 5.74) is 2.70. The lowest BCUT2D eigenvalue weighted by molar-refractivity contribution is -0.0150. The molecule has 0 saturated carbocycles. The highest BCUT2D eigenvalue weighted by atomic mass is 28.1. The van der Waals surface area contributed by atoms with Gasteiger partial charge in [0.05, 0.1) is 5.22 Å². The zero-order valence-electron chi connectivity index (χ0n) is 10.9. The Balaban J connectivity index is 2.00. The van der Waals surface area contributed by atoms with Gasteiger partial charge < -0.3 is 4.74 Å². The van der Waals surface area contributed by atoms with Gasteiger partial charge in [-0.05, 0) is 43.7 Å². The molecule has 1 saturated heterocycles. The number of hydrogen-bond donors (Lipinski definition) is 0. The van der Waals surface area contributed by atoms with Gasteiger partial charge in [-0.25, -0.2) is 0 Å². The molecule has 1 aliphatic rings. The van der Waals surface area contributed by atoms with E-state index in [1.54, 1.807) is 0 Å². The summed E-state index contributed by atoms with van der Waals surface area (Å²) in [4.78, 5) is 0. The minimum atomic E-state index is 0.203. The van der Waals surface area contributed by atoms with Crippen LogP contribution in [0.1, 0.15) is 38.2 Å². The van der Waals surface area contributed by atoms with E-state index in [4.69, 9.17) is 4.74 Å². The quantitative estimate of drug-likeness (QED) is 0.745. The highest BCUT2D eigenvalue weighted by molar-refractivity contribution is 6.14. The second-order valence-corrected chi connectivity index (χ2v) is 7.04. The highest BCUT2D eigenvalue weighted by Crippen LogP contribution is 2.27. The first-order valence-corrected chi connectivity index (χ1v) is 7.56. The molecule has 0 amide bonds. The van der Waals surface area contributed by atoms with Crippen LogP contribution in [0.5, 0.6) is 0 Å². The Labute approximate surface area is 107 Å². The van der Waals surface area contributed by atoms with E-state index in [1.807, 2.05) is 0 Å². The van der Waals surface area contributed by atoms with E-state index in [2.05, 4.69) is 43.3 Å². The van der Waals surface area contributed by atoms with Crippen molar-refractivity contribution in [3.63, 3.8) is 0 Å². The summed E-state index contributed by atoms with van der Waals surface area (Å²) in [6, 6.07) is 10.6. The molecule has 0 radical (unpaired) electrons. The van der Waals surface area contributed by atoms with E-state index in [1.165, 1.54) is 30.4 Å². The van der Waals surface area contributed by atoms with E-state index < -0.39 is 0 Å². The maximum atomic E-state index is 5.97. The van der Waals surface area contributed by atoms with Gasteiger partial charge in [-0.2, -0.15) is 0 Å². The molecule has 1 aliphatic heterocycles. The molecule has 0 aromatic heterocycles. The summed E-state index contributed by atoms with van der Waals surface area (Å²) in [5.74, 6) is 0. The molecule has 0 bridgehead atoms. The number of allylic oxidation sites excluding steroid dienone is 1. The predicted octanol–water partition coefficient (Wildman–Crippen LogP) is 2.74. The first kappa shape index (κ1) is 12.6. The van der Waals surface area contributed by atoms with Crippen LogP contribution in [-0.4, -0.2) is 22.1 Å². The van der Waals surface area contributed by atoms with E-state index in [0.717, 1.165) is 23.3 Å². The molecule has 2 rings (SSSR count). The van der Waals surface area contributed by atoms with E-state index in [0.29, 0.717) is 0 Å². The van der Waals surface area contributed by atoms with Crippen molar-refractivity contribution in [1.82, 2.24) is 0 Å². The minimum Gasteiger partial charge on any atom is -0.379 e. The summed E-state index contributed by atoms with van der Waals surface area (Å²) in [7, 11) is 1.13. The molecule has 92 valence electrons. The van der Waals surface area contributed by atoms with Crippen molar-refractivity contribution in [2.24, 2.45) is 0 Å². The molecule has 0 spiro atoms. The summed E-state index contributed by atoms with van der Waals surface area (Å²) < 4.78 is 5.97. The maximum Gasteiger partial charge on any atom is 0.0519 e. The fourth-order valence-corrected chi connectivity index (χ4v) is 3.10. The summed E-state index contributed by atoms with van der Waals surface area (Å²) in [6.07, 6.45) is 7.26. The van der Waals surface area contributed by atoms with Gasteiger partial charge >= 0.3 is 0 Å². The van der Waals surface area contributed by atoms with Crippen LogP contribution < -0.4 is 0 Å². The van der Waals surface area contributed by atoms with Gasteiger partial charge in [0.25, 0.3) is 0 Å². The van der Waals surface area contributed by atoms with Crippen molar-refractivity contribution in [2.75, 3.05) is 6.61 Å². The first-order valence-electron chi connectivity index (χ1n) is 6.56. The topological polar surface area (TPSA) is 9.23 Å². The third-order valence-corrected chi connectivity index (χ3v) is 4.82. The second kappa shape index (κ2) is 5.65. The van der Waals surface area contributed by atoms with Gasteiger partial charge in [0, 0.05) is 16.8 Å². The van der Waals surface area contributed by atoms with Crippen molar-refractivity contribution >= 4 is 15.8 Å². The van der Waals surface area contributed by atoms with Crippen molar-refractivity contribution in [3.8, 4) is 0 Å². The molecule has 1 aromatic rings. The summed E-state index contributed by atoms with van der Waals surface area (Å²) >= 11 is 0. The normalized spacial score (nSPS) is 26.1. The fraction of sp³-hybridized carbons (Fsp3) is 0.467. The van der Waals surface area contributed by atoms with Crippen LogP contribution in [0.4, 0.5) is 0 Å². The van der Waals surface area contributed by atoms with E-state index in [-0.39, 0.29) is 5.22 Å². The average molecular weight is 246 g/mol. The molecule has 1 unspecified atom stereocenters. The molecule has 1 fully saturated rings. The van der Waals surface area contributed by atoms with Gasteiger partial charge in [-0.3, -0.25) is 0 Å². The number of benzene rings is 1. The van der Waals surface area contributed by atoms with Crippen LogP contribution in [-0.2, 0) is 4.74 Å². The highest BCUT2D eigenvalue weighted by Gasteiger charge is 2.26. The predicted molar refractivity (Wildman–Crippen MR) is 77.2 cm³/mol. The Kier molecular flexibility index (Phi) is 4.19. The molecule has 2 heteroatoms. The Hall–Kier alpha value is -0.863. The Morgan fingerprint density at radius 1 is 1.35 bits per heavy atom. The largest absolute Gasteiger partial charge is 0.379 e. The van der Waals surface area contributed by atoms with Crippen LogP contribution >= 0.6 is 0 Å². The molecule has 0 N–H and O–H groups in total. The standard InChI is InChI=1S/C15H22OSi/c1-13(14-7-3-2-4-8-14)9-11-15(17)10-5-6-12-16-15/h2-4,7-9H,5-6,10-12H2,1,17H3. The lowest BCUT2D eigenvalue weighted by atomic mass is 10.0. The van der Waals surface area contributed by atoms with E-state index >= 15 is 0 Å². The molecule has 0 aliphatic carbocycles. The Morgan fingerprint density at radius 2 is 2.12 bits per heavy atom. The molecule has 1 aromatic carbocycles. The SMILES string of the molecule is CC(=CCC1([SiH3])CCCCO1)c1ccccc1. The molecule has 1 nitrogen and oxygen atoms in total. The maximum absolute atomic E-state index is 5.97. The van der Waals surface area contributed by atoms with Gasteiger partial charge in [0.2, 0.25) is 0 Å². The monoisotopic (exact) mass is 246 g/mol. The second-order valence-electron chi connectivity index (χ2n) is 5.21. The summed E-state index contributed by atoms with van der Waals surface area (Å²) in [5, 5.41) is 0.203. The van der Waals surface area contributed by atoms with Crippen LogP contribution in [0.25, 0.3) is 5.57 Å². The summed E-state index contributed by atoms with van der Waals surface area (Å²) in [6.45, 7) is 3.16. The van der Waals surface area contributed by atoms with Crippen molar-refractivity contribution in [3.05, 3.63) is 42.0 Å². The molecule has 17 heavy (non-hydrogen) atoms. The van der Waals surface area contributed by atoms with Crippen molar-refractivity contribution in [2.45, 2.75) is 37.8 Å². The van der Waals surface area contributed by atoms with Crippen LogP contribution in [0.3, 0.4) is 0 Å². The Bertz CT molecular complexity index is 377.